The van der Waals surface area contributed by atoms with Crippen molar-refractivity contribution in [1.29, 1.82) is 0 Å². The molecular weight excluding hydrogens is 418 g/mol. The average molecular weight is 452 g/mol. The van der Waals surface area contributed by atoms with E-state index >= 15 is 0 Å². The molecule has 3 heterocycles. The van der Waals surface area contributed by atoms with Crippen LogP contribution in [0, 0.1) is 13.8 Å². The Hall–Kier alpha value is -2.94. The highest BCUT2D eigenvalue weighted by molar-refractivity contribution is 5.72. The van der Waals surface area contributed by atoms with Crippen LogP contribution < -0.4 is 15.4 Å². The second kappa shape index (κ2) is 10.8. The molecule has 176 valence electrons. The van der Waals surface area contributed by atoms with Crippen LogP contribution in [0.5, 0.6) is 5.75 Å². The van der Waals surface area contributed by atoms with Crippen molar-refractivity contribution in [2.45, 2.75) is 38.8 Å². The van der Waals surface area contributed by atoms with Crippen LogP contribution in [0.2, 0.25) is 0 Å². The minimum atomic E-state index is -0.576. The number of likely N-dealkylation sites (N-methyl/N-ethyl adjacent to an activating group) is 1. The van der Waals surface area contributed by atoms with Gasteiger partial charge < -0.3 is 30.2 Å². The van der Waals surface area contributed by atoms with Crippen LogP contribution in [0.15, 0.2) is 36.5 Å². The highest BCUT2D eigenvalue weighted by Crippen LogP contribution is 2.30. The zero-order chi connectivity index (χ0) is 23.2. The van der Waals surface area contributed by atoms with Gasteiger partial charge in [0.1, 0.15) is 24.3 Å². The Morgan fingerprint density at radius 1 is 1.21 bits per heavy atom. The third kappa shape index (κ3) is 5.90. The van der Waals surface area contributed by atoms with Crippen LogP contribution in [0.1, 0.15) is 24.1 Å². The Kier molecular flexibility index (Phi) is 7.59. The molecule has 1 unspecified atom stereocenters. The molecule has 0 saturated carbocycles. The molecule has 1 aliphatic heterocycles. The van der Waals surface area contributed by atoms with E-state index in [1.165, 1.54) is 0 Å². The van der Waals surface area contributed by atoms with E-state index in [4.69, 9.17) is 19.4 Å². The highest BCUT2D eigenvalue weighted by Gasteiger charge is 2.18. The summed E-state index contributed by atoms with van der Waals surface area (Å²) < 4.78 is 11.3. The number of aromatic amines is 1. The van der Waals surface area contributed by atoms with Crippen molar-refractivity contribution in [2.75, 3.05) is 38.7 Å². The van der Waals surface area contributed by atoms with Crippen molar-refractivity contribution in [3.05, 3.63) is 47.8 Å². The normalized spacial score (nSPS) is 15.4. The van der Waals surface area contributed by atoms with Crippen LogP contribution in [-0.2, 0) is 4.74 Å². The number of anilines is 1. The van der Waals surface area contributed by atoms with Gasteiger partial charge in [-0.25, -0.2) is 9.97 Å². The third-order valence-electron chi connectivity index (χ3n) is 5.80. The van der Waals surface area contributed by atoms with Gasteiger partial charge in [-0.2, -0.15) is 0 Å². The molecule has 0 aliphatic carbocycles. The molecule has 1 aromatic carbocycles. The number of aromatic nitrogens is 3. The smallest absolute Gasteiger partial charge is 0.162 e. The fourth-order valence-corrected chi connectivity index (χ4v) is 4.09. The van der Waals surface area contributed by atoms with E-state index in [1.54, 1.807) is 7.05 Å². The predicted molar refractivity (Wildman–Crippen MR) is 130 cm³/mol. The summed E-state index contributed by atoms with van der Waals surface area (Å²) in [6, 6.07) is 10.0. The van der Waals surface area contributed by atoms with Crippen molar-refractivity contribution in [1.82, 2.24) is 20.3 Å². The second-order valence-corrected chi connectivity index (χ2v) is 8.52. The largest absolute Gasteiger partial charge is 0.491 e. The minimum Gasteiger partial charge on any atom is -0.491 e. The van der Waals surface area contributed by atoms with Crippen molar-refractivity contribution in [3.63, 3.8) is 0 Å². The summed E-state index contributed by atoms with van der Waals surface area (Å²) in [7, 11) is 1.80. The Bertz CT molecular complexity index is 1040. The van der Waals surface area contributed by atoms with Crippen molar-refractivity contribution < 1.29 is 14.6 Å². The van der Waals surface area contributed by atoms with Gasteiger partial charge in [0.05, 0.1) is 5.69 Å². The first kappa shape index (κ1) is 23.2. The van der Waals surface area contributed by atoms with Gasteiger partial charge in [0.15, 0.2) is 5.82 Å². The first-order valence-electron chi connectivity index (χ1n) is 11.5. The number of H-pyrrole nitrogens is 1. The van der Waals surface area contributed by atoms with Crippen LogP contribution in [0.25, 0.3) is 22.6 Å². The van der Waals surface area contributed by atoms with E-state index in [9.17, 15) is 5.11 Å². The Morgan fingerprint density at radius 2 is 2.03 bits per heavy atom. The lowest BCUT2D eigenvalue weighted by Gasteiger charge is -2.24. The molecule has 3 aromatic rings. The maximum atomic E-state index is 9.95. The van der Waals surface area contributed by atoms with E-state index < -0.39 is 6.10 Å². The fourth-order valence-electron chi connectivity index (χ4n) is 4.09. The van der Waals surface area contributed by atoms with E-state index in [-0.39, 0.29) is 6.61 Å². The van der Waals surface area contributed by atoms with Crippen molar-refractivity contribution in [2.24, 2.45) is 0 Å². The molecule has 33 heavy (non-hydrogen) atoms. The van der Waals surface area contributed by atoms with Crippen molar-refractivity contribution >= 4 is 5.82 Å². The molecule has 1 atom stereocenters. The number of benzene rings is 1. The van der Waals surface area contributed by atoms with Crippen molar-refractivity contribution in [3.8, 4) is 28.4 Å². The molecule has 0 bridgehead atoms. The molecule has 8 nitrogen and oxygen atoms in total. The van der Waals surface area contributed by atoms with E-state index in [2.05, 4.69) is 29.5 Å². The summed E-state index contributed by atoms with van der Waals surface area (Å²) in [5, 5.41) is 16.5. The molecule has 4 N–H and O–H groups in total. The van der Waals surface area contributed by atoms with Gasteiger partial charge in [-0.3, -0.25) is 0 Å². The number of nitrogens with one attached hydrogen (secondary N) is 3. The monoisotopic (exact) mass is 451 g/mol. The average Bonchev–Trinajstić information content (AvgIpc) is 3.16. The number of ether oxygens (including phenoxy) is 2. The molecule has 0 spiro atoms. The van der Waals surface area contributed by atoms with E-state index in [1.807, 2.05) is 36.5 Å². The van der Waals surface area contributed by atoms with Gasteiger partial charge in [-0.05, 0) is 51.4 Å². The van der Waals surface area contributed by atoms with Gasteiger partial charge in [-0.15, -0.1) is 0 Å². The fraction of sp³-hybridized carbons (Fsp3) is 0.440. The lowest BCUT2D eigenvalue weighted by molar-refractivity contribution is 0.0904. The molecule has 1 aliphatic rings. The minimum absolute atomic E-state index is 0.212. The van der Waals surface area contributed by atoms with Crippen LogP contribution in [0.3, 0.4) is 0 Å². The maximum absolute atomic E-state index is 9.95. The zero-order valence-electron chi connectivity index (χ0n) is 19.5. The molecule has 1 fully saturated rings. The van der Waals surface area contributed by atoms with Gasteiger partial charge in [-0.1, -0.05) is 12.1 Å². The number of rotatable bonds is 9. The molecular formula is C25H33N5O3. The first-order chi connectivity index (χ1) is 16.0. The first-order valence-corrected chi connectivity index (χ1v) is 11.5. The molecule has 0 radical (unpaired) electrons. The number of aliphatic hydroxyl groups excluding tert-OH is 1. The maximum Gasteiger partial charge on any atom is 0.162 e. The zero-order valence-corrected chi connectivity index (χ0v) is 19.5. The topological polar surface area (TPSA) is 104 Å². The number of hydrogen-bond acceptors (Lipinski definition) is 7. The van der Waals surface area contributed by atoms with Crippen LogP contribution >= 0.6 is 0 Å². The summed E-state index contributed by atoms with van der Waals surface area (Å²) in [5.41, 5.74) is 5.05. The number of aliphatic hydroxyl groups is 1. The second-order valence-electron chi connectivity index (χ2n) is 8.52. The van der Waals surface area contributed by atoms with Gasteiger partial charge in [0, 0.05) is 54.9 Å². The molecule has 4 rings (SSSR count). The lowest BCUT2D eigenvalue weighted by Crippen LogP contribution is -2.29. The Balaban J connectivity index is 1.66. The molecule has 1 saturated heterocycles. The summed E-state index contributed by atoms with van der Waals surface area (Å²) in [5.74, 6) is 2.10. The SMILES string of the molecule is CNCC(O)COc1cccc(-c2nc(NC3CCOCC3)cc(-c3c(C)c[nH]c3C)n2)c1. The third-order valence-corrected chi connectivity index (χ3v) is 5.80. The summed E-state index contributed by atoms with van der Waals surface area (Å²) in [6.07, 6.45) is 3.33. The highest BCUT2D eigenvalue weighted by atomic mass is 16.5. The number of hydrogen-bond donors (Lipinski definition) is 4. The van der Waals surface area contributed by atoms with E-state index in [0.29, 0.717) is 24.2 Å². The summed E-state index contributed by atoms with van der Waals surface area (Å²) in [6.45, 7) is 6.34. The van der Waals surface area contributed by atoms with Gasteiger partial charge in [0.25, 0.3) is 0 Å². The number of aryl methyl sites for hydroxylation is 2. The standard InChI is InChI=1S/C25H33N5O3/c1-16-13-27-17(2)24(16)22-12-23(28-19-7-9-32-10-8-19)30-25(29-22)18-5-4-6-21(11-18)33-15-20(31)14-26-3/h4-6,11-13,19-20,26-27,31H,7-10,14-15H2,1-3H3,(H,28,29,30). The predicted octanol–water partition coefficient (Wildman–Crippen LogP) is 3.31. The Morgan fingerprint density at radius 3 is 2.76 bits per heavy atom. The summed E-state index contributed by atoms with van der Waals surface area (Å²) in [4.78, 5) is 13.1. The van der Waals surface area contributed by atoms with Crippen LogP contribution in [-0.4, -0.2) is 65.6 Å². The van der Waals surface area contributed by atoms with Gasteiger partial charge >= 0.3 is 0 Å². The molecule has 8 heteroatoms. The summed E-state index contributed by atoms with van der Waals surface area (Å²) >= 11 is 0. The quantitative estimate of drug-likeness (QED) is 0.396. The molecule has 2 aromatic heterocycles. The molecule has 0 amide bonds. The number of nitrogens with zero attached hydrogens (tertiary/aromatic N) is 2. The Labute approximate surface area is 194 Å². The lowest BCUT2D eigenvalue weighted by atomic mass is 10.1. The van der Waals surface area contributed by atoms with E-state index in [0.717, 1.165) is 60.0 Å². The van der Waals surface area contributed by atoms with Crippen LogP contribution in [0.4, 0.5) is 5.82 Å². The van der Waals surface area contributed by atoms with Gasteiger partial charge in [0.2, 0.25) is 0 Å².